The zero-order valence-corrected chi connectivity index (χ0v) is 11.7. The molecule has 1 aliphatic rings. The van der Waals surface area contributed by atoms with Crippen molar-refractivity contribution in [3.63, 3.8) is 0 Å². The van der Waals surface area contributed by atoms with Gasteiger partial charge >= 0.3 is 0 Å². The molecule has 1 heterocycles. The zero-order valence-electron chi connectivity index (χ0n) is 11.7. The molecule has 1 unspecified atom stereocenters. The third-order valence-electron chi connectivity index (χ3n) is 4.21. The molecule has 0 aromatic carbocycles. The number of nitrogens with one attached hydrogen (secondary N) is 1. The fourth-order valence-corrected chi connectivity index (χ4v) is 3.16. The summed E-state index contributed by atoms with van der Waals surface area (Å²) in [5, 5.41) is 3.72. The highest BCUT2D eigenvalue weighted by Gasteiger charge is 2.36. The van der Waals surface area contributed by atoms with Crippen molar-refractivity contribution in [1.82, 2.24) is 15.3 Å². The van der Waals surface area contributed by atoms with Crippen molar-refractivity contribution in [1.29, 1.82) is 0 Å². The van der Waals surface area contributed by atoms with Gasteiger partial charge in [0, 0.05) is 24.0 Å². The second-order valence-electron chi connectivity index (χ2n) is 5.77. The molecule has 1 fully saturated rings. The van der Waals surface area contributed by atoms with E-state index in [-0.39, 0.29) is 0 Å². The molecule has 1 aromatic rings. The summed E-state index contributed by atoms with van der Waals surface area (Å²) in [6.45, 7) is 5.70. The summed E-state index contributed by atoms with van der Waals surface area (Å²) >= 11 is 0. The van der Waals surface area contributed by atoms with E-state index >= 15 is 0 Å². The molecule has 0 aliphatic heterocycles. The number of rotatable bonds is 5. The molecule has 3 heteroatoms. The van der Waals surface area contributed by atoms with Crippen molar-refractivity contribution in [3.05, 3.63) is 24.3 Å². The van der Waals surface area contributed by atoms with Crippen LogP contribution in [0.4, 0.5) is 0 Å². The van der Waals surface area contributed by atoms with E-state index in [1.54, 1.807) is 6.33 Å². The molecule has 100 valence electrons. The summed E-state index contributed by atoms with van der Waals surface area (Å²) in [5.74, 6) is 0. The number of hydrogen-bond acceptors (Lipinski definition) is 3. The van der Waals surface area contributed by atoms with Crippen molar-refractivity contribution in [2.24, 2.45) is 5.41 Å². The molecule has 0 spiro atoms. The van der Waals surface area contributed by atoms with Crippen LogP contribution in [0.2, 0.25) is 0 Å². The first kappa shape index (κ1) is 13.5. The van der Waals surface area contributed by atoms with E-state index in [1.807, 2.05) is 12.4 Å². The predicted molar refractivity (Wildman–Crippen MR) is 74.3 cm³/mol. The zero-order chi connectivity index (χ0) is 12.8. The number of aromatic nitrogens is 2. The normalized spacial score (nSPS) is 20.6. The van der Waals surface area contributed by atoms with Gasteiger partial charge < -0.3 is 5.32 Å². The minimum absolute atomic E-state index is 0.359. The molecular formula is C15H25N3. The molecule has 0 radical (unpaired) electrons. The summed E-state index contributed by atoms with van der Waals surface area (Å²) in [7, 11) is 0. The number of nitrogens with zero attached hydrogens (tertiary/aromatic N) is 2. The standard InChI is InChI=1S/C15H25N3/c1-3-9-18-14(13-10-16-12-17-11-13)15(2)7-5-4-6-8-15/h10-12,14,18H,3-9H2,1-2H3. The molecule has 2 rings (SSSR count). The molecular weight excluding hydrogens is 222 g/mol. The van der Waals surface area contributed by atoms with E-state index in [4.69, 9.17) is 0 Å². The molecule has 1 atom stereocenters. The van der Waals surface area contributed by atoms with Gasteiger partial charge in [0.25, 0.3) is 0 Å². The van der Waals surface area contributed by atoms with Crippen LogP contribution in [-0.4, -0.2) is 16.5 Å². The third-order valence-corrected chi connectivity index (χ3v) is 4.21. The van der Waals surface area contributed by atoms with Crippen LogP contribution < -0.4 is 5.32 Å². The van der Waals surface area contributed by atoms with Crippen LogP contribution in [0.15, 0.2) is 18.7 Å². The lowest BCUT2D eigenvalue weighted by Gasteiger charge is -2.41. The fourth-order valence-electron chi connectivity index (χ4n) is 3.16. The van der Waals surface area contributed by atoms with E-state index in [0.717, 1.165) is 6.54 Å². The van der Waals surface area contributed by atoms with Gasteiger partial charge in [-0.05, 0) is 31.2 Å². The molecule has 0 saturated heterocycles. The van der Waals surface area contributed by atoms with Crippen LogP contribution in [0.3, 0.4) is 0 Å². The van der Waals surface area contributed by atoms with Gasteiger partial charge in [-0.2, -0.15) is 0 Å². The highest BCUT2D eigenvalue weighted by atomic mass is 14.9. The minimum atomic E-state index is 0.359. The Morgan fingerprint density at radius 1 is 1.22 bits per heavy atom. The van der Waals surface area contributed by atoms with Gasteiger partial charge in [-0.3, -0.25) is 0 Å². The average Bonchev–Trinajstić information content (AvgIpc) is 2.41. The van der Waals surface area contributed by atoms with E-state index < -0.39 is 0 Å². The highest BCUT2D eigenvalue weighted by Crippen LogP contribution is 2.45. The largest absolute Gasteiger partial charge is 0.309 e. The topological polar surface area (TPSA) is 37.8 Å². The molecule has 1 aromatic heterocycles. The molecule has 0 amide bonds. The van der Waals surface area contributed by atoms with Gasteiger partial charge in [0.2, 0.25) is 0 Å². The van der Waals surface area contributed by atoms with Crippen LogP contribution in [-0.2, 0) is 0 Å². The van der Waals surface area contributed by atoms with E-state index in [1.165, 1.54) is 44.1 Å². The molecule has 1 saturated carbocycles. The first-order valence-corrected chi connectivity index (χ1v) is 7.24. The fraction of sp³-hybridized carbons (Fsp3) is 0.733. The van der Waals surface area contributed by atoms with Gasteiger partial charge in [-0.15, -0.1) is 0 Å². The lowest BCUT2D eigenvalue weighted by molar-refractivity contribution is 0.144. The van der Waals surface area contributed by atoms with Gasteiger partial charge in [0.05, 0.1) is 0 Å². The van der Waals surface area contributed by atoms with Crippen molar-refractivity contribution in [2.75, 3.05) is 6.54 Å². The Bertz CT molecular complexity index is 344. The highest BCUT2D eigenvalue weighted by molar-refractivity contribution is 5.14. The first-order valence-electron chi connectivity index (χ1n) is 7.24. The van der Waals surface area contributed by atoms with Crippen LogP contribution in [0.25, 0.3) is 0 Å². The van der Waals surface area contributed by atoms with Crippen molar-refractivity contribution in [2.45, 2.75) is 58.4 Å². The van der Waals surface area contributed by atoms with Gasteiger partial charge in [0.15, 0.2) is 0 Å². The van der Waals surface area contributed by atoms with Gasteiger partial charge in [-0.1, -0.05) is 33.1 Å². The second-order valence-corrected chi connectivity index (χ2v) is 5.77. The van der Waals surface area contributed by atoms with Crippen LogP contribution in [0, 0.1) is 5.41 Å². The van der Waals surface area contributed by atoms with E-state index in [0.29, 0.717) is 11.5 Å². The molecule has 0 bridgehead atoms. The Morgan fingerprint density at radius 3 is 2.50 bits per heavy atom. The Balaban J connectivity index is 2.18. The maximum absolute atomic E-state index is 4.19. The smallest absolute Gasteiger partial charge is 0.115 e. The van der Waals surface area contributed by atoms with Gasteiger partial charge in [0.1, 0.15) is 6.33 Å². The SMILES string of the molecule is CCCNC(c1cncnc1)C1(C)CCCCC1. The summed E-state index contributed by atoms with van der Waals surface area (Å²) < 4.78 is 0. The van der Waals surface area contributed by atoms with E-state index in [2.05, 4.69) is 29.1 Å². The molecule has 1 aliphatic carbocycles. The average molecular weight is 247 g/mol. The molecule has 1 N–H and O–H groups in total. The molecule has 3 nitrogen and oxygen atoms in total. The monoisotopic (exact) mass is 247 g/mol. The second kappa shape index (κ2) is 6.28. The summed E-state index contributed by atoms with van der Waals surface area (Å²) in [6, 6.07) is 0.402. The molecule has 18 heavy (non-hydrogen) atoms. The lowest BCUT2D eigenvalue weighted by Crippen LogP contribution is -2.38. The Hall–Kier alpha value is -0.960. The summed E-state index contributed by atoms with van der Waals surface area (Å²) in [6.07, 6.45) is 13.4. The van der Waals surface area contributed by atoms with Gasteiger partial charge in [-0.25, -0.2) is 9.97 Å². The van der Waals surface area contributed by atoms with E-state index in [9.17, 15) is 0 Å². The Labute approximate surface area is 110 Å². The summed E-state index contributed by atoms with van der Waals surface area (Å²) in [5.41, 5.74) is 1.60. The maximum Gasteiger partial charge on any atom is 0.115 e. The van der Waals surface area contributed by atoms with Crippen molar-refractivity contribution < 1.29 is 0 Å². The third kappa shape index (κ3) is 3.08. The predicted octanol–water partition coefficient (Wildman–Crippen LogP) is 3.49. The Morgan fingerprint density at radius 2 is 1.89 bits per heavy atom. The van der Waals surface area contributed by atoms with Crippen LogP contribution in [0.5, 0.6) is 0 Å². The summed E-state index contributed by atoms with van der Waals surface area (Å²) in [4.78, 5) is 8.38. The number of hydrogen-bond donors (Lipinski definition) is 1. The van der Waals surface area contributed by atoms with Crippen LogP contribution >= 0.6 is 0 Å². The van der Waals surface area contributed by atoms with Crippen molar-refractivity contribution >= 4 is 0 Å². The van der Waals surface area contributed by atoms with Crippen LogP contribution in [0.1, 0.15) is 64.0 Å². The maximum atomic E-state index is 4.19. The first-order chi connectivity index (χ1) is 8.76. The Kier molecular flexibility index (Phi) is 4.70. The lowest BCUT2D eigenvalue weighted by atomic mass is 9.69. The van der Waals surface area contributed by atoms with Crippen molar-refractivity contribution in [3.8, 4) is 0 Å². The quantitative estimate of drug-likeness (QED) is 0.865. The minimum Gasteiger partial charge on any atom is -0.309 e.